The van der Waals surface area contributed by atoms with Gasteiger partial charge in [0.15, 0.2) is 0 Å². The number of nitrogens with zero attached hydrogens (tertiary/aromatic N) is 1. The van der Waals surface area contributed by atoms with Gasteiger partial charge in [0, 0.05) is 16.7 Å². The molecule has 0 spiro atoms. The van der Waals surface area contributed by atoms with E-state index in [1.54, 1.807) is 11.3 Å². The van der Waals surface area contributed by atoms with E-state index in [0.29, 0.717) is 5.25 Å². The summed E-state index contributed by atoms with van der Waals surface area (Å²) < 4.78 is 0. The molecule has 1 N–H and O–H groups in total. The molecule has 2 atom stereocenters. The van der Waals surface area contributed by atoms with Gasteiger partial charge < -0.3 is 10.0 Å². The van der Waals surface area contributed by atoms with E-state index in [-0.39, 0.29) is 0 Å². The first-order valence-corrected chi connectivity index (χ1v) is 8.08. The van der Waals surface area contributed by atoms with Crippen LogP contribution in [0.4, 0.5) is 0 Å². The van der Waals surface area contributed by atoms with Crippen LogP contribution in [0.2, 0.25) is 0 Å². The van der Waals surface area contributed by atoms with E-state index in [1.165, 1.54) is 12.2 Å². The third kappa shape index (κ3) is 3.05. The lowest BCUT2D eigenvalue weighted by molar-refractivity contribution is 0.0218. The Morgan fingerprint density at radius 2 is 2.35 bits per heavy atom. The fourth-order valence-electron chi connectivity index (χ4n) is 2.32. The van der Waals surface area contributed by atoms with Gasteiger partial charge in [0.1, 0.15) is 5.60 Å². The van der Waals surface area contributed by atoms with E-state index in [9.17, 15) is 5.11 Å². The third-order valence-corrected chi connectivity index (χ3v) is 5.94. The molecule has 1 aliphatic heterocycles. The molecule has 4 heteroatoms. The Bertz CT molecular complexity index is 333. The summed E-state index contributed by atoms with van der Waals surface area (Å²) in [5.41, 5.74) is -0.625. The van der Waals surface area contributed by atoms with E-state index in [1.807, 2.05) is 17.8 Å². The number of hydrogen-bond acceptors (Lipinski definition) is 4. The van der Waals surface area contributed by atoms with Crippen LogP contribution in [0.5, 0.6) is 0 Å². The van der Waals surface area contributed by atoms with Crippen LogP contribution in [-0.2, 0) is 5.60 Å². The normalized spacial score (nSPS) is 24.1. The standard InChI is InChI=1S/C13H21NOS2/c1-14(2)8-7-13(15,11-5-3-9-16-11)12-6-4-10-17-12/h3,5,9,12,15H,4,6-8,10H2,1-2H3. The molecule has 0 aromatic carbocycles. The van der Waals surface area contributed by atoms with Crippen molar-refractivity contribution in [1.29, 1.82) is 0 Å². The van der Waals surface area contributed by atoms with E-state index >= 15 is 0 Å². The molecule has 1 aromatic heterocycles. The molecular formula is C13H21NOS2. The molecule has 2 heterocycles. The zero-order chi connectivity index (χ0) is 12.3. The molecule has 0 radical (unpaired) electrons. The fraction of sp³-hybridized carbons (Fsp3) is 0.692. The summed E-state index contributed by atoms with van der Waals surface area (Å²) in [6, 6.07) is 4.12. The third-order valence-electron chi connectivity index (χ3n) is 3.35. The SMILES string of the molecule is CN(C)CCC(O)(c1cccs1)C1CCCS1. The highest BCUT2D eigenvalue weighted by Crippen LogP contribution is 2.44. The van der Waals surface area contributed by atoms with E-state index in [0.717, 1.165) is 24.3 Å². The van der Waals surface area contributed by atoms with Crippen LogP contribution in [0, 0.1) is 0 Å². The fourth-order valence-corrected chi connectivity index (χ4v) is 4.77. The lowest BCUT2D eigenvalue weighted by Crippen LogP contribution is -2.38. The smallest absolute Gasteiger partial charge is 0.112 e. The topological polar surface area (TPSA) is 23.5 Å². The van der Waals surface area contributed by atoms with Gasteiger partial charge in [-0.05, 0) is 50.6 Å². The molecular weight excluding hydrogens is 250 g/mol. The molecule has 1 aromatic rings. The van der Waals surface area contributed by atoms with Crippen molar-refractivity contribution in [1.82, 2.24) is 4.90 Å². The van der Waals surface area contributed by atoms with Crippen LogP contribution in [-0.4, -0.2) is 41.6 Å². The minimum atomic E-state index is -0.625. The van der Waals surface area contributed by atoms with Gasteiger partial charge in [0.2, 0.25) is 0 Å². The minimum absolute atomic E-state index is 0.376. The number of thiophene rings is 1. The molecule has 96 valence electrons. The number of thioether (sulfide) groups is 1. The second-order valence-electron chi connectivity index (χ2n) is 4.96. The summed E-state index contributed by atoms with van der Waals surface area (Å²) in [5.74, 6) is 1.19. The van der Waals surface area contributed by atoms with Crippen molar-refractivity contribution in [2.75, 3.05) is 26.4 Å². The van der Waals surface area contributed by atoms with Crippen LogP contribution >= 0.6 is 23.1 Å². The molecule has 2 unspecified atom stereocenters. The first-order valence-electron chi connectivity index (χ1n) is 6.15. The van der Waals surface area contributed by atoms with Crippen molar-refractivity contribution in [2.24, 2.45) is 0 Å². The van der Waals surface area contributed by atoms with Crippen molar-refractivity contribution in [2.45, 2.75) is 30.1 Å². The zero-order valence-corrected chi connectivity index (χ0v) is 12.2. The second kappa shape index (κ2) is 5.74. The number of rotatable bonds is 5. The predicted molar refractivity (Wildman–Crippen MR) is 76.9 cm³/mol. The van der Waals surface area contributed by atoms with Crippen molar-refractivity contribution in [3.8, 4) is 0 Å². The summed E-state index contributed by atoms with van der Waals surface area (Å²) in [6.45, 7) is 0.936. The average molecular weight is 271 g/mol. The highest BCUT2D eigenvalue weighted by atomic mass is 32.2. The Hall–Kier alpha value is -0.0300. The summed E-state index contributed by atoms with van der Waals surface area (Å²) >= 11 is 3.62. The lowest BCUT2D eigenvalue weighted by atomic mass is 9.90. The molecule has 2 nitrogen and oxygen atoms in total. The van der Waals surface area contributed by atoms with Gasteiger partial charge in [0.05, 0.1) is 0 Å². The monoisotopic (exact) mass is 271 g/mol. The molecule has 0 aliphatic carbocycles. The van der Waals surface area contributed by atoms with Crippen molar-refractivity contribution >= 4 is 23.1 Å². The van der Waals surface area contributed by atoms with Crippen molar-refractivity contribution in [3.05, 3.63) is 22.4 Å². The Morgan fingerprint density at radius 3 is 2.88 bits per heavy atom. The summed E-state index contributed by atoms with van der Waals surface area (Å²) in [4.78, 5) is 3.29. The minimum Gasteiger partial charge on any atom is -0.383 e. The largest absolute Gasteiger partial charge is 0.383 e. The van der Waals surface area contributed by atoms with Gasteiger partial charge in [-0.2, -0.15) is 11.8 Å². The maximum Gasteiger partial charge on any atom is 0.112 e. The molecule has 0 bridgehead atoms. The van der Waals surface area contributed by atoms with Crippen LogP contribution in [0.1, 0.15) is 24.1 Å². The summed E-state index contributed by atoms with van der Waals surface area (Å²) in [5, 5.41) is 13.5. The molecule has 1 saturated heterocycles. The van der Waals surface area contributed by atoms with Gasteiger partial charge in [-0.3, -0.25) is 0 Å². The zero-order valence-electron chi connectivity index (χ0n) is 10.6. The highest BCUT2D eigenvalue weighted by molar-refractivity contribution is 8.00. The number of aliphatic hydroxyl groups is 1. The first-order chi connectivity index (χ1) is 8.13. The van der Waals surface area contributed by atoms with Gasteiger partial charge in [0.25, 0.3) is 0 Å². The predicted octanol–water partition coefficient (Wildman–Crippen LogP) is 2.78. The van der Waals surface area contributed by atoms with Crippen molar-refractivity contribution < 1.29 is 5.11 Å². The maximum absolute atomic E-state index is 11.1. The molecule has 0 amide bonds. The molecule has 1 fully saturated rings. The van der Waals surface area contributed by atoms with Gasteiger partial charge in [-0.1, -0.05) is 6.07 Å². The van der Waals surface area contributed by atoms with E-state index in [2.05, 4.69) is 30.4 Å². The lowest BCUT2D eigenvalue weighted by Gasteiger charge is -2.33. The maximum atomic E-state index is 11.1. The Labute approximate surface area is 112 Å². The second-order valence-corrected chi connectivity index (χ2v) is 7.21. The molecule has 17 heavy (non-hydrogen) atoms. The first kappa shape index (κ1) is 13.4. The quantitative estimate of drug-likeness (QED) is 0.891. The highest BCUT2D eigenvalue weighted by Gasteiger charge is 2.40. The van der Waals surface area contributed by atoms with Crippen molar-refractivity contribution in [3.63, 3.8) is 0 Å². The molecule has 1 aliphatic rings. The van der Waals surface area contributed by atoms with Gasteiger partial charge in [-0.15, -0.1) is 11.3 Å². The van der Waals surface area contributed by atoms with Crippen LogP contribution in [0.15, 0.2) is 17.5 Å². The summed E-state index contributed by atoms with van der Waals surface area (Å²) in [7, 11) is 4.13. The van der Waals surface area contributed by atoms with Crippen LogP contribution < -0.4 is 0 Å². The van der Waals surface area contributed by atoms with Crippen LogP contribution in [0.3, 0.4) is 0 Å². The average Bonchev–Trinajstić information content (AvgIpc) is 2.97. The Morgan fingerprint density at radius 1 is 1.53 bits per heavy atom. The van der Waals surface area contributed by atoms with E-state index in [4.69, 9.17) is 0 Å². The molecule has 0 saturated carbocycles. The number of hydrogen-bond donors (Lipinski definition) is 1. The van der Waals surface area contributed by atoms with Crippen LogP contribution in [0.25, 0.3) is 0 Å². The van der Waals surface area contributed by atoms with Gasteiger partial charge >= 0.3 is 0 Å². The van der Waals surface area contributed by atoms with E-state index < -0.39 is 5.60 Å². The Balaban J connectivity index is 2.15. The summed E-state index contributed by atoms with van der Waals surface area (Å²) in [6.07, 6.45) is 3.22. The molecule has 2 rings (SSSR count). The van der Waals surface area contributed by atoms with Gasteiger partial charge in [-0.25, -0.2) is 0 Å². The Kier molecular flexibility index (Phi) is 4.53.